The van der Waals surface area contributed by atoms with E-state index in [2.05, 4.69) is 65.9 Å². The summed E-state index contributed by atoms with van der Waals surface area (Å²) in [5, 5.41) is 15.7. The Morgan fingerprint density at radius 3 is 2.67 bits per heavy atom. The van der Waals surface area contributed by atoms with Gasteiger partial charge in [0.2, 0.25) is 11.1 Å². The van der Waals surface area contributed by atoms with Crippen LogP contribution < -0.4 is 5.32 Å². The second kappa shape index (κ2) is 9.35. The minimum absolute atomic E-state index is 0.0118. The normalized spacial score (nSPS) is 15.1. The third-order valence-corrected chi connectivity index (χ3v) is 5.76. The first-order valence-electron chi connectivity index (χ1n) is 9.87. The molecule has 1 aromatic carbocycles. The molecule has 1 aromatic heterocycles. The number of rotatable bonds is 10. The summed E-state index contributed by atoms with van der Waals surface area (Å²) in [5.74, 6) is 0.654. The zero-order chi connectivity index (χ0) is 19.2. The van der Waals surface area contributed by atoms with Crippen LogP contribution in [-0.4, -0.2) is 31.9 Å². The third kappa shape index (κ3) is 5.54. The summed E-state index contributed by atoms with van der Waals surface area (Å²) in [6.45, 7) is 6.48. The number of hydrogen-bond acceptors (Lipinski definition) is 5. The molecule has 27 heavy (non-hydrogen) atoms. The Labute approximate surface area is 165 Å². The van der Waals surface area contributed by atoms with Crippen LogP contribution in [0.4, 0.5) is 0 Å². The zero-order valence-electron chi connectivity index (χ0n) is 16.4. The van der Waals surface area contributed by atoms with Crippen LogP contribution in [0.15, 0.2) is 29.4 Å². The van der Waals surface area contributed by atoms with Gasteiger partial charge in [0, 0.05) is 0 Å². The van der Waals surface area contributed by atoms with Crippen molar-refractivity contribution in [3.8, 4) is 0 Å². The molecule has 6 nitrogen and oxygen atoms in total. The molecule has 1 unspecified atom stereocenters. The highest BCUT2D eigenvalue weighted by Crippen LogP contribution is 2.36. The van der Waals surface area contributed by atoms with Crippen LogP contribution in [0.2, 0.25) is 0 Å². The number of nitrogens with zero attached hydrogens (tertiary/aromatic N) is 4. The topological polar surface area (TPSA) is 72.7 Å². The molecule has 2 aromatic rings. The molecule has 1 aliphatic carbocycles. The maximum absolute atomic E-state index is 12.5. The van der Waals surface area contributed by atoms with Crippen molar-refractivity contribution < 1.29 is 4.79 Å². The lowest BCUT2D eigenvalue weighted by Gasteiger charge is -2.23. The first-order valence-corrected chi connectivity index (χ1v) is 10.9. The van der Waals surface area contributed by atoms with Gasteiger partial charge in [-0.3, -0.25) is 4.79 Å². The van der Waals surface area contributed by atoms with Crippen molar-refractivity contribution in [3.05, 3.63) is 35.4 Å². The van der Waals surface area contributed by atoms with Gasteiger partial charge in [-0.05, 0) is 53.2 Å². The van der Waals surface area contributed by atoms with Gasteiger partial charge in [0.15, 0.2) is 0 Å². The highest BCUT2D eigenvalue weighted by molar-refractivity contribution is 7.99. The quantitative estimate of drug-likeness (QED) is 0.625. The highest BCUT2D eigenvalue weighted by atomic mass is 32.2. The van der Waals surface area contributed by atoms with Crippen LogP contribution >= 0.6 is 11.8 Å². The minimum atomic E-state index is 0.0118. The van der Waals surface area contributed by atoms with E-state index in [1.165, 1.54) is 30.2 Å². The Morgan fingerprint density at radius 2 is 2.04 bits per heavy atom. The average Bonchev–Trinajstić information content (AvgIpc) is 3.41. The third-order valence-electron chi connectivity index (χ3n) is 4.83. The molecular weight excluding hydrogens is 358 g/mol. The van der Waals surface area contributed by atoms with Crippen LogP contribution in [0, 0.1) is 5.92 Å². The van der Waals surface area contributed by atoms with Crippen LogP contribution in [-0.2, 0) is 11.2 Å². The van der Waals surface area contributed by atoms with Crippen molar-refractivity contribution in [2.45, 2.75) is 70.1 Å². The number of nitrogens with one attached hydrogen (secondary N) is 1. The second-order valence-electron chi connectivity index (χ2n) is 7.56. The molecule has 1 fully saturated rings. The maximum Gasteiger partial charge on any atom is 0.230 e. The second-order valence-corrected chi connectivity index (χ2v) is 8.50. The molecule has 1 aliphatic rings. The van der Waals surface area contributed by atoms with Gasteiger partial charge in [-0.25, -0.2) is 4.68 Å². The van der Waals surface area contributed by atoms with E-state index >= 15 is 0 Å². The fourth-order valence-corrected chi connectivity index (χ4v) is 3.84. The number of tetrazole rings is 1. The summed E-state index contributed by atoms with van der Waals surface area (Å²) in [6.07, 6.45) is 5.76. The zero-order valence-corrected chi connectivity index (χ0v) is 17.2. The molecule has 0 saturated heterocycles. The van der Waals surface area contributed by atoms with Gasteiger partial charge >= 0.3 is 0 Å². The Hall–Kier alpha value is -1.89. The first-order chi connectivity index (χ1) is 13.1. The fraction of sp³-hybridized carbons (Fsp3) is 0.600. The van der Waals surface area contributed by atoms with Gasteiger partial charge < -0.3 is 5.32 Å². The van der Waals surface area contributed by atoms with Crippen LogP contribution in [0.1, 0.15) is 69.7 Å². The maximum atomic E-state index is 12.5. The minimum Gasteiger partial charge on any atom is -0.348 e. The molecule has 1 saturated carbocycles. The number of carbonyl (C=O) groups excluding carboxylic acids is 1. The van der Waals surface area contributed by atoms with E-state index in [9.17, 15) is 4.79 Å². The van der Waals surface area contributed by atoms with Crippen LogP contribution in [0.3, 0.4) is 0 Å². The van der Waals surface area contributed by atoms with Gasteiger partial charge in [-0.15, -0.1) is 5.10 Å². The molecule has 0 aliphatic heterocycles. The van der Waals surface area contributed by atoms with Crippen LogP contribution in [0.25, 0.3) is 0 Å². The molecule has 0 spiro atoms. The molecule has 1 N–H and O–H groups in total. The SMILES string of the molecule is CCCCc1ccc(C(NC(=O)CSc2nnnn2C2CC2)C(C)C)cc1. The van der Waals surface area contributed by atoms with E-state index in [1.54, 1.807) is 0 Å². The number of unbranched alkanes of at least 4 members (excludes halogenated alkanes) is 1. The number of thioether (sulfide) groups is 1. The lowest BCUT2D eigenvalue weighted by atomic mass is 9.94. The van der Waals surface area contributed by atoms with Gasteiger partial charge in [0.1, 0.15) is 0 Å². The number of aryl methyl sites for hydroxylation is 1. The monoisotopic (exact) mass is 387 g/mol. The van der Waals surface area contributed by atoms with Gasteiger partial charge in [-0.1, -0.05) is 63.2 Å². The van der Waals surface area contributed by atoms with E-state index in [0.717, 1.165) is 30.0 Å². The van der Waals surface area contributed by atoms with Crippen molar-refractivity contribution in [1.82, 2.24) is 25.5 Å². The summed E-state index contributed by atoms with van der Waals surface area (Å²) in [4.78, 5) is 12.5. The first kappa shape index (κ1) is 19.9. The number of benzene rings is 1. The summed E-state index contributed by atoms with van der Waals surface area (Å²) >= 11 is 1.41. The van der Waals surface area contributed by atoms with E-state index in [4.69, 9.17) is 0 Å². The fourth-order valence-electron chi connectivity index (χ4n) is 3.08. The van der Waals surface area contributed by atoms with E-state index in [-0.39, 0.29) is 11.9 Å². The van der Waals surface area contributed by atoms with E-state index in [0.29, 0.717) is 17.7 Å². The van der Waals surface area contributed by atoms with Gasteiger partial charge in [0.25, 0.3) is 0 Å². The lowest BCUT2D eigenvalue weighted by Crippen LogP contribution is -2.33. The molecule has 1 heterocycles. The number of amides is 1. The van der Waals surface area contributed by atoms with Crippen molar-refractivity contribution in [2.24, 2.45) is 5.92 Å². The van der Waals surface area contributed by atoms with E-state index in [1.807, 2.05) is 4.68 Å². The Morgan fingerprint density at radius 1 is 1.30 bits per heavy atom. The molecule has 3 rings (SSSR count). The lowest BCUT2D eigenvalue weighted by molar-refractivity contribution is -0.119. The largest absolute Gasteiger partial charge is 0.348 e. The smallest absolute Gasteiger partial charge is 0.230 e. The Balaban J connectivity index is 1.56. The van der Waals surface area contributed by atoms with Gasteiger partial charge in [0.05, 0.1) is 17.8 Å². The van der Waals surface area contributed by atoms with Crippen LogP contribution in [0.5, 0.6) is 0 Å². The molecule has 0 bridgehead atoms. The predicted molar refractivity (Wildman–Crippen MR) is 108 cm³/mol. The van der Waals surface area contributed by atoms with Crippen molar-refractivity contribution >= 4 is 17.7 Å². The van der Waals surface area contributed by atoms with Gasteiger partial charge in [-0.2, -0.15) is 0 Å². The van der Waals surface area contributed by atoms with E-state index < -0.39 is 0 Å². The summed E-state index contributed by atoms with van der Waals surface area (Å²) in [6, 6.07) is 9.10. The number of aromatic nitrogens is 4. The molecule has 1 atom stereocenters. The summed E-state index contributed by atoms with van der Waals surface area (Å²) in [5.41, 5.74) is 2.52. The van der Waals surface area contributed by atoms with Crippen molar-refractivity contribution in [2.75, 3.05) is 5.75 Å². The Kier molecular flexibility index (Phi) is 6.88. The summed E-state index contributed by atoms with van der Waals surface area (Å²) < 4.78 is 1.84. The molecule has 7 heteroatoms. The standard InChI is InChI=1S/C20H29N5OS/c1-4-5-6-15-7-9-16(10-8-15)19(14(2)3)21-18(26)13-27-20-22-23-24-25(20)17-11-12-17/h7-10,14,17,19H,4-6,11-13H2,1-3H3,(H,21,26). The molecule has 146 valence electrons. The van der Waals surface area contributed by atoms with Crippen molar-refractivity contribution in [3.63, 3.8) is 0 Å². The van der Waals surface area contributed by atoms with Crippen molar-refractivity contribution in [1.29, 1.82) is 0 Å². The molecule has 1 amide bonds. The highest BCUT2D eigenvalue weighted by Gasteiger charge is 2.28. The molecular formula is C20H29N5OS. The average molecular weight is 388 g/mol. The predicted octanol–water partition coefficient (Wildman–Crippen LogP) is 3.96. The molecule has 0 radical (unpaired) electrons. The number of hydrogen-bond donors (Lipinski definition) is 1. The number of carbonyl (C=O) groups is 1. The summed E-state index contributed by atoms with van der Waals surface area (Å²) in [7, 11) is 0. The Bertz CT molecular complexity index is 739.